The zero-order valence-electron chi connectivity index (χ0n) is 13.2. The molecule has 1 aliphatic rings. The van der Waals surface area contributed by atoms with Crippen LogP contribution < -0.4 is 15.4 Å². The minimum atomic E-state index is 0.0540. The van der Waals surface area contributed by atoms with Gasteiger partial charge in [0.2, 0.25) is 5.91 Å². The molecule has 4 nitrogen and oxygen atoms in total. The predicted molar refractivity (Wildman–Crippen MR) is 84.3 cm³/mol. The second kappa shape index (κ2) is 7.46. The molecule has 21 heavy (non-hydrogen) atoms. The smallest absolute Gasteiger partial charge is 0.223 e. The van der Waals surface area contributed by atoms with Gasteiger partial charge >= 0.3 is 0 Å². The first kappa shape index (κ1) is 15.8. The maximum atomic E-state index is 12.4. The number of amides is 1. The first-order valence-electron chi connectivity index (χ1n) is 7.77. The van der Waals surface area contributed by atoms with E-state index in [9.17, 15) is 4.79 Å². The lowest BCUT2D eigenvalue weighted by Crippen LogP contribution is -2.40. The summed E-state index contributed by atoms with van der Waals surface area (Å²) in [5.74, 6) is 1.52. The Morgan fingerprint density at radius 2 is 1.86 bits per heavy atom. The van der Waals surface area contributed by atoms with Gasteiger partial charge in [0.15, 0.2) is 0 Å². The quantitative estimate of drug-likeness (QED) is 0.876. The maximum absolute atomic E-state index is 12.4. The average molecular weight is 290 g/mol. The fourth-order valence-corrected chi connectivity index (χ4v) is 2.80. The number of methoxy groups -OCH3 is 1. The first-order valence-corrected chi connectivity index (χ1v) is 7.77. The molecule has 1 unspecified atom stereocenters. The Kier molecular flexibility index (Phi) is 5.62. The molecule has 2 rings (SSSR count). The van der Waals surface area contributed by atoms with Gasteiger partial charge in [0.05, 0.1) is 13.2 Å². The number of hydrogen-bond acceptors (Lipinski definition) is 3. The minimum Gasteiger partial charge on any atom is -0.497 e. The van der Waals surface area contributed by atoms with Crippen molar-refractivity contribution in [1.82, 2.24) is 10.6 Å². The Morgan fingerprint density at radius 1 is 1.24 bits per heavy atom. The van der Waals surface area contributed by atoms with E-state index in [1.54, 1.807) is 7.11 Å². The fourth-order valence-electron chi connectivity index (χ4n) is 2.80. The third-order valence-corrected chi connectivity index (χ3v) is 4.15. The number of hydrogen-bond donors (Lipinski definition) is 2. The highest BCUT2D eigenvalue weighted by Gasteiger charge is 2.25. The van der Waals surface area contributed by atoms with Crippen molar-refractivity contribution in [3.63, 3.8) is 0 Å². The summed E-state index contributed by atoms with van der Waals surface area (Å²) >= 11 is 0. The molecule has 0 radical (unpaired) electrons. The van der Waals surface area contributed by atoms with Gasteiger partial charge in [-0.2, -0.15) is 0 Å². The number of benzene rings is 1. The van der Waals surface area contributed by atoms with Gasteiger partial charge in [-0.3, -0.25) is 4.79 Å². The molecule has 1 atom stereocenters. The molecule has 1 fully saturated rings. The summed E-state index contributed by atoms with van der Waals surface area (Å²) in [6.45, 7) is 6.15. The summed E-state index contributed by atoms with van der Waals surface area (Å²) in [4.78, 5) is 12.4. The van der Waals surface area contributed by atoms with Crippen molar-refractivity contribution in [2.45, 2.75) is 32.7 Å². The normalized spacial score (nSPS) is 17.5. The van der Waals surface area contributed by atoms with Crippen molar-refractivity contribution < 1.29 is 9.53 Å². The summed E-state index contributed by atoms with van der Waals surface area (Å²) in [6.07, 6.45) is 1.86. The van der Waals surface area contributed by atoms with Gasteiger partial charge in [0.25, 0.3) is 0 Å². The van der Waals surface area contributed by atoms with E-state index in [-0.39, 0.29) is 17.9 Å². The summed E-state index contributed by atoms with van der Waals surface area (Å²) < 4.78 is 5.19. The van der Waals surface area contributed by atoms with Gasteiger partial charge in [0, 0.05) is 5.92 Å². The van der Waals surface area contributed by atoms with Gasteiger partial charge < -0.3 is 15.4 Å². The highest BCUT2D eigenvalue weighted by molar-refractivity contribution is 5.79. The Bertz CT molecular complexity index is 450. The molecule has 4 heteroatoms. The SMILES string of the molecule is COc1ccc(C(NC(=O)C2CCNCC2)C(C)C)cc1. The minimum absolute atomic E-state index is 0.0540. The maximum Gasteiger partial charge on any atom is 0.223 e. The van der Waals surface area contributed by atoms with E-state index >= 15 is 0 Å². The van der Waals surface area contributed by atoms with E-state index in [0.717, 1.165) is 37.2 Å². The molecule has 1 aromatic rings. The van der Waals surface area contributed by atoms with Crippen molar-refractivity contribution in [1.29, 1.82) is 0 Å². The van der Waals surface area contributed by atoms with Crippen LogP contribution in [0.3, 0.4) is 0 Å². The molecule has 1 aliphatic heterocycles. The molecule has 0 aromatic heterocycles. The Labute approximate surface area is 127 Å². The van der Waals surface area contributed by atoms with E-state index in [1.165, 1.54) is 0 Å². The molecule has 0 bridgehead atoms. The largest absolute Gasteiger partial charge is 0.497 e. The van der Waals surface area contributed by atoms with E-state index in [2.05, 4.69) is 24.5 Å². The predicted octanol–water partition coefficient (Wildman–Crippen LogP) is 2.51. The molecule has 1 heterocycles. The molecule has 0 saturated carbocycles. The Balaban J connectivity index is 2.05. The van der Waals surface area contributed by atoms with Gasteiger partial charge in [-0.25, -0.2) is 0 Å². The number of carbonyl (C=O) groups is 1. The highest BCUT2D eigenvalue weighted by atomic mass is 16.5. The number of nitrogens with one attached hydrogen (secondary N) is 2. The lowest BCUT2D eigenvalue weighted by molar-refractivity contribution is -0.126. The summed E-state index contributed by atoms with van der Waals surface area (Å²) in [6, 6.07) is 8.01. The zero-order valence-corrected chi connectivity index (χ0v) is 13.2. The molecular weight excluding hydrogens is 264 g/mol. The molecule has 1 aromatic carbocycles. The van der Waals surface area contributed by atoms with Crippen LogP contribution in [0.15, 0.2) is 24.3 Å². The van der Waals surface area contributed by atoms with Crippen LogP contribution in [0.25, 0.3) is 0 Å². The van der Waals surface area contributed by atoms with Crippen molar-refractivity contribution in [3.05, 3.63) is 29.8 Å². The summed E-state index contributed by atoms with van der Waals surface area (Å²) in [5, 5.41) is 6.53. The van der Waals surface area contributed by atoms with E-state index in [4.69, 9.17) is 4.74 Å². The average Bonchev–Trinajstić information content (AvgIpc) is 2.53. The fraction of sp³-hybridized carbons (Fsp3) is 0.588. The van der Waals surface area contributed by atoms with Crippen molar-refractivity contribution in [2.75, 3.05) is 20.2 Å². The first-order chi connectivity index (χ1) is 10.1. The van der Waals surface area contributed by atoms with Crippen molar-refractivity contribution in [2.24, 2.45) is 11.8 Å². The van der Waals surface area contributed by atoms with E-state index < -0.39 is 0 Å². The number of rotatable bonds is 5. The lowest BCUT2D eigenvalue weighted by atomic mass is 9.92. The van der Waals surface area contributed by atoms with E-state index in [1.807, 2.05) is 24.3 Å². The summed E-state index contributed by atoms with van der Waals surface area (Å²) in [5.41, 5.74) is 1.13. The molecule has 2 N–H and O–H groups in total. The number of carbonyl (C=O) groups excluding carboxylic acids is 1. The van der Waals surface area contributed by atoms with Crippen LogP contribution in [0.4, 0.5) is 0 Å². The van der Waals surface area contributed by atoms with Crippen LogP contribution >= 0.6 is 0 Å². The number of piperidine rings is 1. The van der Waals surface area contributed by atoms with Crippen LogP contribution in [0.5, 0.6) is 5.75 Å². The molecule has 116 valence electrons. The Morgan fingerprint density at radius 3 is 2.38 bits per heavy atom. The van der Waals surface area contributed by atoms with Gasteiger partial charge in [-0.05, 0) is 49.5 Å². The number of ether oxygens (including phenoxy) is 1. The van der Waals surface area contributed by atoms with Crippen LogP contribution in [0.2, 0.25) is 0 Å². The highest BCUT2D eigenvalue weighted by Crippen LogP contribution is 2.25. The van der Waals surface area contributed by atoms with Crippen molar-refractivity contribution >= 4 is 5.91 Å². The second-order valence-corrected chi connectivity index (χ2v) is 6.03. The van der Waals surface area contributed by atoms with Gasteiger partial charge in [-0.1, -0.05) is 26.0 Å². The van der Waals surface area contributed by atoms with Crippen molar-refractivity contribution in [3.8, 4) is 5.75 Å². The van der Waals surface area contributed by atoms with Gasteiger partial charge in [-0.15, -0.1) is 0 Å². The van der Waals surface area contributed by atoms with Crippen LogP contribution in [0.1, 0.15) is 38.3 Å². The third kappa shape index (κ3) is 4.21. The standard InChI is InChI=1S/C17H26N2O2/c1-12(2)16(13-4-6-15(21-3)7-5-13)19-17(20)14-8-10-18-11-9-14/h4-7,12,14,16,18H,8-11H2,1-3H3,(H,19,20). The zero-order chi connectivity index (χ0) is 15.2. The second-order valence-electron chi connectivity index (χ2n) is 6.03. The molecule has 0 aliphatic carbocycles. The van der Waals surface area contributed by atoms with Crippen LogP contribution in [-0.2, 0) is 4.79 Å². The van der Waals surface area contributed by atoms with Gasteiger partial charge in [0.1, 0.15) is 5.75 Å². The van der Waals surface area contributed by atoms with Crippen LogP contribution in [-0.4, -0.2) is 26.1 Å². The molecule has 1 amide bonds. The Hall–Kier alpha value is -1.55. The molecular formula is C17H26N2O2. The summed E-state index contributed by atoms with van der Waals surface area (Å²) in [7, 11) is 1.66. The monoisotopic (exact) mass is 290 g/mol. The lowest BCUT2D eigenvalue weighted by Gasteiger charge is -2.28. The third-order valence-electron chi connectivity index (χ3n) is 4.15. The molecule has 0 spiro atoms. The topological polar surface area (TPSA) is 50.4 Å². The molecule has 1 saturated heterocycles. The van der Waals surface area contributed by atoms with E-state index in [0.29, 0.717) is 5.92 Å². The van der Waals surface area contributed by atoms with Crippen LogP contribution in [0, 0.1) is 11.8 Å².